The second-order valence-corrected chi connectivity index (χ2v) is 9.55. The van der Waals surface area contributed by atoms with Crippen LogP contribution in [0.3, 0.4) is 0 Å². The number of carbonyl (C=O) groups excluding carboxylic acids is 1. The predicted molar refractivity (Wildman–Crippen MR) is 142 cm³/mol. The largest absolute Gasteiger partial charge is 0.481 e. The smallest absolute Gasteiger partial charge is 0.306 e. The number of ether oxygens (including phenoxy) is 3. The lowest BCUT2D eigenvalue weighted by Gasteiger charge is -2.23. The van der Waals surface area contributed by atoms with Gasteiger partial charge >= 0.3 is 5.97 Å². The Balaban J connectivity index is 1.88. The van der Waals surface area contributed by atoms with Gasteiger partial charge < -0.3 is 24.8 Å². The highest BCUT2D eigenvalue weighted by atomic mass is 19.1. The van der Waals surface area contributed by atoms with Crippen molar-refractivity contribution in [3.8, 4) is 17.8 Å². The van der Waals surface area contributed by atoms with Crippen molar-refractivity contribution in [2.75, 3.05) is 24.9 Å². The van der Waals surface area contributed by atoms with E-state index in [1.165, 1.54) is 14.2 Å². The van der Waals surface area contributed by atoms with Gasteiger partial charge in [-0.25, -0.2) is 9.37 Å². The second-order valence-electron chi connectivity index (χ2n) is 9.55. The molecule has 0 saturated heterocycles. The van der Waals surface area contributed by atoms with Crippen molar-refractivity contribution in [3.63, 3.8) is 0 Å². The molecule has 0 aliphatic carbocycles. The van der Waals surface area contributed by atoms with Crippen LogP contribution in [0.4, 0.5) is 21.7 Å². The summed E-state index contributed by atoms with van der Waals surface area (Å²) in [4.78, 5) is 20.9. The molecule has 0 bridgehead atoms. The number of rotatable bonds is 11. The van der Waals surface area contributed by atoms with Gasteiger partial charge in [0.05, 0.1) is 25.5 Å². The summed E-state index contributed by atoms with van der Waals surface area (Å²) >= 11 is 0. The topological polar surface area (TPSA) is 118 Å². The van der Waals surface area contributed by atoms with Crippen LogP contribution in [0.1, 0.15) is 44.7 Å². The number of nitrogens with one attached hydrogen (secondary N) is 2. The average molecular weight is 522 g/mol. The van der Waals surface area contributed by atoms with E-state index in [-0.39, 0.29) is 47.4 Å². The van der Waals surface area contributed by atoms with Crippen molar-refractivity contribution in [1.29, 1.82) is 5.26 Å². The zero-order valence-electron chi connectivity index (χ0n) is 22.2. The van der Waals surface area contributed by atoms with Crippen molar-refractivity contribution in [2.45, 2.75) is 51.7 Å². The maximum absolute atomic E-state index is 15.1. The molecule has 0 fully saturated rings. The molecule has 3 aromatic rings. The first kappa shape index (κ1) is 28.2. The Labute approximate surface area is 222 Å². The average Bonchev–Trinajstić information content (AvgIpc) is 2.88. The minimum atomic E-state index is -0.688. The third kappa shape index (κ3) is 8.34. The molecule has 2 heterocycles. The molecule has 38 heavy (non-hydrogen) atoms. The molecule has 10 heteroatoms. The number of esters is 1. The van der Waals surface area contributed by atoms with Crippen LogP contribution in [-0.2, 0) is 16.0 Å². The molecule has 200 valence electrons. The predicted octanol–water partition coefficient (Wildman–Crippen LogP) is 5.39. The van der Waals surface area contributed by atoms with Crippen LogP contribution >= 0.6 is 0 Å². The first-order valence-corrected chi connectivity index (χ1v) is 12.1. The van der Waals surface area contributed by atoms with Crippen molar-refractivity contribution < 1.29 is 23.4 Å². The summed E-state index contributed by atoms with van der Waals surface area (Å²) in [7, 11) is 2.93. The van der Waals surface area contributed by atoms with E-state index in [2.05, 4.69) is 20.6 Å². The van der Waals surface area contributed by atoms with E-state index in [9.17, 15) is 10.1 Å². The van der Waals surface area contributed by atoms with E-state index in [1.807, 2.05) is 57.2 Å². The van der Waals surface area contributed by atoms with Crippen LogP contribution in [0, 0.1) is 17.1 Å². The highest BCUT2D eigenvalue weighted by Gasteiger charge is 2.21. The van der Waals surface area contributed by atoms with Crippen LogP contribution in [0.5, 0.6) is 11.8 Å². The number of nitriles is 1. The Morgan fingerprint density at radius 2 is 1.71 bits per heavy atom. The SMILES string of the molecule is COc1cc(Nc2nc(N[C@@H](CCC(=O)OC(C)(C)C)Cc3ccccc3)c(F)cc2C#N)cc(OC)n1. The first-order chi connectivity index (χ1) is 18.1. The van der Waals surface area contributed by atoms with Gasteiger partial charge in [0, 0.05) is 24.6 Å². The molecule has 0 saturated carbocycles. The lowest BCUT2D eigenvalue weighted by molar-refractivity contribution is -0.154. The number of halogens is 1. The molecular formula is C28H32FN5O4. The van der Waals surface area contributed by atoms with E-state index in [4.69, 9.17) is 14.2 Å². The summed E-state index contributed by atoms with van der Waals surface area (Å²) < 4.78 is 30.9. The second kappa shape index (κ2) is 12.7. The van der Waals surface area contributed by atoms with Gasteiger partial charge in [0.2, 0.25) is 11.8 Å². The normalized spacial score (nSPS) is 11.7. The van der Waals surface area contributed by atoms with E-state index in [1.54, 1.807) is 12.1 Å². The van der Waals surface area contributed by atoms with Crippen LogP contribution in [0.25, 0.3) is 0 Å². The van der Waals surface area contributed by atoms with Crippen molar-refractivity contribution in [2.24, 2.45) is 0 Å². The molecule has 2 N–H and O–H groups in total. The van der Waals surface area contributed by atoms with Gasteiger partial charge in [-0.1, -0.05) is 30.3 Å². The molecule has 0 radical (unpaired) electrons. The maximum atomic E-state index is 15.1. The Morgan fingerprint density at radius 3 is 2.29 bits per heavy atom. The monoisotopic (exact) mass is 521 g/mol. The molecule has 0 spiro atoms. The number of aromatic nitrogens is 2. The van der Waals surface area contributed by atoms with E-state index < -0.39 is 11.4 Å². The van der Waals surface area contributed by atoms with Gasteiger partial charge in [0.25, 0.3) is 0 Å². The molecule has 0 aliphatic rings. The fourth-order valence-corrected chi connectivity index (χ4v) is 3.67. The molecule has 0 amide bonds. The number of hydrogen-bond donors (Lipinski definition) is 2. The molecule has 9 nitrogen and oxygen atoms in total. The molecular weight excluding hydrogens is 489 g/mol. The molecule has 3 rings (SSSR count). The first-order valence-electron chi connectivity index (χ1n) is 12.1. The number of hydrogen-bond acceptors (Lipinski definition) is 9. The summed E-state index contributed by atoms with van der Waals surface area (Å²) in [6, 6.07) is 15.6. The number of nitrogens with zero attached hydrogens (tertiary/aromatic N) is 3. The van der Waals surface area contributed by atoms with Crippen molar-refractivity contribution in [1.82, 2.24) is 9.97 Å². The number of benzene rings is 1. The summed E-state index contributed by atoms with van der Waals surface area (Å²) in [5.74, 6) is -0.366. The van der Waals surface area contributed by atoms with Crippen LogP contribution in [-0.4, -0.2) is 41.8 Å². The standard InChI is InChI=1S/C28H32FN5O4/c1-28(2,3)38-25(35)12-11-20(13-18-9-7-6-8-10-18)31-27-22(29)14-19(17-30)26(34-27)32-21-15-23(36-4)33-24(16-21)37-5/h6-10,14-16,20H,11-13H2,1-5H3,(H2,31,32,33,34)/t20-/m0/s1. The van der Waals surface area contributed by atoms with Gasteiger partial charge in [-0.2, -0.15) is 10.2 Å². The highest BCUT2D eigenvalue weighted by Crippen LogP contribution is 2.28. The molecule has 1 atom stereocenters. The fourth-order valence-electron chi connectivity index (χ4n) is 3.67. The zero-order valence-corrected chi connectivity index (χ0v) is 22.2. The van der Waals surface area contributed by atoms with Gasteiger partial charge in [-0.15, -0.1) is 0 Å². The van der Waals surface area contributed by atoms with Crippen molar-refractivity contribution in [3.05, 3.63) is 65.5 Å². The lowest BCUT2D eigenvalue weighted by atomic mass is 10.0. The van der Waals surface area contributed by atoms with Gasteiger partial charge in [0.1, 0.15) is 11.7 Å². The number of carbonyl (C=O) groups is 1. The van der Waals surface area contributed by atoms with Crippen LogP contribution < -0.4 is 20.1 Å². The Morgan fingerprint density at radius 1 is 1.05 bits per heavy atom. The summed E-state index contributed by atoms with van der Waals surface area (Å²) in [6.45, 7) is 5.43. The molecule has 0 unspecified atom stereocenters. The van der Waals surface area contributed by atoms with E-state index in [0.717, 1.165) is 11.6 Å². The summed E-state index contributed by atoms with van der Waals surface area (Å²) in [5.41, 5.74) is 0.911. The third-order valence-electron chi connectivity index (χ3n) is 5.34. The van der Waals surface area contributed by atoms with Crippen LogP contribution in [0.2, 0.25) is 0 Å². The minimum absolute atomic E-state index is 0.0103. The lowest BCUT2D eigenvalue weighted by Crippen LogP contribution is -2.28. The highest BCUT2D eigenvalue weighted by molar-refractivity contribution is 5.70. The minimum Gasteiger partial charge on any atom is -0.481 e. The maximum Gasteiger partial charge on any atom is 0.306 e. The fraction of sp³-hybridized carbons (Fsp3) is 0.357. The Kier molecular flexibility index (Phi) is 9.44. The number of anilines is 3. The number of pyridine rings is 2. The molecule has 2 aromatic heterocycles. The van der Waals surface area contributed by atoms with Crippen LogP contribution in [0.15, 0.2) is 48.5 Å². The van der Waals surface area contributed by atoms with E-state index >= 15 is 4.39 Å². The zero-order chi connectivity index (χ0) is 27.7. The van der Waals surface area contributed by atoms with Gasteiger partial charge in [0.15, 0.2) is 17.5 Å². The molecule has 1 aromatic carbocycles. The summed E-state index contributed by atoms with van der Waals surface area (Å²) in [6.07, 6.45) is 1.04. The summed E-state index contributed by atoms with van der Waals surface area (Å²) in [5, 5.41) is 15.8. The number of methoxy groups -OCH3 is 2. The van der Waals surface area contributed by atoms with Gasteiger partial charge in [-0.3, -0.25) is 4.79 Å². The third-order valence-corrected chi connectivity index (χ3v) is 5.34. The Bertz CT molecular complexity index is 1270. The Hall–Kier alpha value is -4.39. The molecule has 0 aliphatic heterocycles. The van der Waals surface area contributed by atoms with E-state index in [0.29, 0.717) is 18.5 Å². The quantitative estimate of drug-likeness (QED) is 0.320. The van der Waals surface area contributed by atoms with Crippen molar-refractivity contribution >= 4 is 23.3 Å². The van der Waals surface area contributed by atoms with Gasteiger partial charge in [-0.05, 0) is 45.2 Å².